The monoisotopic (exact) mass is 590 g/mol. The SMILES string of the molecule is C#C.C/C=C\N=C(C)S(=O)(=O)NCC(=O)CCCC.CC.CCCC(NC(=O)c1cc2c(o1)CC=CC=C2)C(N)=O. The van der Waals surface area contributed by atoms with Crippen molar-refractivity contribution in [3.05, 3.63) is 53.7 Å². The predicted molar refractivity (Wildman–Crippen MR) is 167 cm³/mol. The van der Waals surface area contributed by atoms with Crippen LogP contribution < -0.4 is 15.8 Å². The summed E-state index contributed by atoms with van der Waals surface area (Å²) in [5.74, 6) is -0.0957. The third-order valence-corrected chi connectivity index (χ3v) is 6.59. The number of carbonyl (C=O) groups excluding carboxylic acids is 3. The molecule has 1 atom stereocenters. The van der Waals surface area contributed by atoms with Gasteiger partial charge < -0.3 is 15.5 Å². The molecule has 1 aromatic rings. The quantitative estimate of drug-likeness (QED) is 0.182. The topological polar surface area (TPSA) is 161 Å². The van der Waals surface area contributed by atoms with Crippen molar-refractivity contribution in [2.75, 3.05) is 6.54 Å². The number of primary amides is 1. The first-order chi connectivity index (χ1) is 19.5. The lowest BCUT2D eigenvalue weighted by molar-refractivity contribution is -0.120. The van der Waals surface area contributed by atoms with Gasteiger partial charge in [0.2, 0.25) is 5.91 Å². The standard InChI is InChI=1S/C15H18N2O3.C11H20N2O3S.C2H6.C2H2/c1-2-6-11(14(16)18)17-15(19)13-9-10-7-4-3-5-8-12(10)20-13;1-4-6-7-11(14)9-13-17(15,16)10(3)12-8-5-2;2*1-2/h3-5,7,9,11H,2,6,8H2,1H3,(H2,16,18)(H,17,19);5,8,13H,4,6-7,9H2,1-3H3;1-2H3;1-2H/b;8-5-,12-10?;;. The van der Waals surface area contributed by atoms with Crippen LogP contribution in [0.2, 0.25) is 0 Å². The first-order valence-corrected chi connectivity index (χ1v) is 15.1. The van der Waals surface area contributed by atoms with Crippen LogP contribution in [0.1, 0.15) is 95.5 Å². The largest absolute Gasteiger partial charge is 0.455 e. The normalized spacial score (nSPS) is 12.7. The lowest BCUT2D eigenvalue weighted by atomic mass is 10.1. The van der Waals surface area contributed by atoms with Crippen LogP contribution in [0.5, 0.6) is 0 Å². The van der Waals surface area contributed by atoms with Crippen LogP contribution in [-0.2, 0) is 26.0 Å². The Morgan fingerprint density at radius 2 is 1.83 bits per heavy atom. The van der Waals surface area contributed by atoms with Crippen molar-refractivity contribution >= 4 is 38.7 Å². The van der Waals surface area contributed by atoms with Gasteiger partial charge in [-0.1, -0.05) is 70.9 Å². The van der Waals surface area contributed by atoms with E-state index in [0.29, 0.717) is 19.3 Å². The van der Waals surface area contributed by atoms with Gasteiger partial charge in [-0.25, -0.2) is 18.1 Å². The number of ketones is 1. The molecule has 41 heavy (non-hydrogen) atoms. The van der Waals surface area contributed by atoms with Gasteiger partial charge in [0.05, 0.1) is 6.54 Å². The zero-order valence-electron chi connectivity index (χ0n) is 25.1. The highest BCUT2D eigenvalue weighted by Gasteiger charge is 2.21. The fraction of sp³-hybridized carbons (Fsp3) is 0.467. The van der Waals surface area contributed by atoms with E-state index in [-0.39, 0.29) is 23.1 Å². The van der Waals surface area contributed by atoms with Crippen LogP contribution in [-0.4, -0.2) is 43.6 Å². The van der Waals surface area contributed by atoms with E-state index in [1.807, 2.05) is 52.0 Å². The maximum Gasteiger partial charge on any atom is 0.287 e. The first kappa shape index (κ1) is 39.4. The zero-order valence-corrected chi connectivity index (χ0v) is 25.9. The van der Waals surface area contributed by atoms with Crippen molar-refractivity contribution < 1.29 is 27.2 Å². The molecule has 0 saturated heterocycles. The summed E-state index contributed by atoms with van der Waals surface area (Å²) in [6.07, 6.45) is 22.7. The number of carbonyl (C=O) groups is 3. The molecule has 1 heterocycles. The van der Waals surface area contributed by atoms with E-state index in [4.69, 9.17) is 10.2 Å². The molecule has 0 fully saturated rings. The van der Waals surface area contributed by atoms with Crippen molar-refractivity contribution in [1.82, 2.24) is 10.0 Å². The third-order valence-electron chi connectivity index (χ3n) is 5.18. The average molecular weight is 591 g/mol. The van der Waals surface area contributed by atoms with E-state index in [0.717, 1.165) is 30.6 Å². The molecule has 11 heteroatoms. The van der Waals surface area contributed by atoms with E-state index in [2.05, 4.69) is 27.9 Å². The number of terminal acetylenes is 1. The number of sulfonamides is 1. The van der Waals surface area contributed by atoms with E-state index < -0.39 is 27.9 Å². The number of hydrogen-bond donors (Lipinski definition) is 3. The molecule has 0 aliphatic heterocycles. The molecule has 2 amide bonds. The summed E-state index contributed by atoms with van der Waals surface area (Å²) in [7, 11) is -3.62. The number of unbranched alkanes of at least 4 members (excludes halogenated alkanes) is 1. The van der Waals surface area contributed by atoms with Crippen molar-refractivity contribution in [2.45, 2.75) is 86.1 Å². The van der Waals surface area contributed by atoms with Crippen molar-refractivity contribution in [2.24, 2.45) is 10.7 Å². The smallest absolute Gasteiger partial charge is 0.287 e. The van der Waals surface area contributed by atoms with Gasteiger partial charge in [-0.05, 0) is 32.8 Å². The number of rotatable bonds is 12. The number of hydrogen-bond acceptors (Lipinski definition) is 7. The highest BCUT2D eigenvalue weighted by atomic mass is 32.2. The second-order valence-electron chi connectivity index (χ2n) is 8.29. The molecule has 0 spiro atoms. The van der Waals surface area contributed by atoms with E-state index in [9.17, 15) is 22.8 Å². The van der Waals surface area contributed by atoms with Gasteiger partial charge in [-0.3, -0.25) is 14.4 Å². The zero-order chi connectivity index (χ0) is 31.8. The maximum atomic E-state index is 12.1. The molecule has 228 valence electrons. The fourth-order valence-corrected chi connectivity index (χ4v) is 3.82. The Balaban J connectivity index is 0. The van der Waals surface area contributed by atoms with Crippen LogP contribution in [0, 0.1) is 12.8 Å². The number of Topliss-reactive ketones (excluding diaryl/α,β-unsaturated/α-hetero) is 1. The molecule has 1 aliphatic carbocycles. The van der Waals surface area contributed by atoms with Gasteiger partial charge in [0.1, 0.15) is 22.6 Å². The van der Waals surface area contributed by atoms with E-state index in [1.165, 1.54) is 13.1 Å². The number of nitrogens with two attached hydrogens (primary N) is 1. The molecule has 0 aromatic carbocycles. The molecular formula is C30H46N4O6S. The predicted octanol–water partition coefficient (Wildman–Crippen LogP) is 4.68. The Kier molecular flexibility index (Phi) is 22.1. The minimum atomic E-state index is -3.62. The van der Waals surface area contributed by atoms with Crippen molar-refractivity contribution in [1.29, 1.82) is 0 Å². The molecule has 1 aliphatic rings. The third kappa shape index (κ3) is 16.2. The highest BCUT2D eigenvalue weighted by molar-refractivity contribution is 8.04. The van der Waals surface area contributed by atoms with Crippen LogP contribution >= 0.6 is 0 Å². The van der Waals surface area contributed by atoms with Crippen molar-refractivity contribution in [3.8, 4) is 12.8 Å². The van der Waals surface area contributed by atoms with Crippen LogP contribution in [0.25, 0.3) is 6.08 Å². The van der Waals surface area contributed by atoms with E-state index in [1.54, 1.807) is 19.1 Å². The average Bonchev–Trinajstić information content (AvgIpc) is 3.26. The van der Waals surface area contributed by atoms with Gasteiger partial charge in [0.25, 0.3) is 15.9 Å². The summed E-state index contributed by atoms with van der Waals surface area (Å²) >= 11 is 0. The number of amides is 2. The lowest BCUT2D eigenvalue weighted by Crippen LogP contribution is -2.44. The second kappa shape index (κ2) is 23.0. The molecule has 2 rings (SSSR count). The summed E-state index contributed by atoms with van der Waals surface area (Å²) in [6.45, 7) is 10.9. The lowest BCUT2D eigenvalue weighted by Gasteiger charge is -2.13. The Hall–Kier alpha value is -3.75. The Bertz CT molecular complexity index is 1190. The van der Waals surface area contributed by atoms with Crippen LogP contribution in [0.4, 0.5) is 0 Å². The second-order valence-corrected chi connectivity index (χ2v) is 10.2. The number of nitrogens with one attached hydrogen (secondary N) is 2. The molecule has 0 bridgehead atoms. The number of allylic oxidation sites excluding steroid dienone is 4. The number of nitrogens with zero attached hydrogens (tertiary/aromatic N) is 1. The van der Waals surface area contributed by atoms with Crippen molar-refractivity contribution in [3.63, 3.8) is 0 Å². The Labute approximate surface area is 245 Å². The maximum absolute atomic E-state index is 12.1. The van der Waals surface area contributed by atoms with Crippen LogP contribution in [0.3, 0.4) is 0 Å². The molecule has 1 aromatic heterocycles. The van der Waals surface area contributed by atoms with Gasteiger partial charge in [0, 0.05) is 24.6 Å². The molecule has 10 nitrogen and oxygen atoms in total. The minimum Gasteiger partial charge on any atom is -0.455 e. The Morgan fingerprint density at radius 3 is 2.39 bits per heavy atom. The first-order valence-electron chi connectivity index (χ1n) is 13.6. The highest BCUT2D eigenvalue weighted by Crippen LogP contribution is 2.20. The molecule has 1 unspecified atom stereocenters. The summed E-state index contributed by atoms with van der Waals surface area (Å²) in [4.78, 5) is 38.4. The number of furan rings is 1. The fourth-order valence-electron chi connectivity index (χ4n) is 3.06. The van der Waals surface area contributed by atoms with Gasteiger partial charge in [-0.15, -0.1) is 12.8 Å². The van der Waals surface area contributed by atoms with E-state index >= 15 is 0 Å². The van der Waals surface area contributed by atoms with Gasteiger partial charge >= 0.3 is 0 Å². The van der Waals surface area contributed by atoms with Gasteiger partial charge in [-0.2, -0.15) is 0 Å². The summed E-state index contributed by atoms with van der Waals surface area (Å²) < 4.78 is 30.9. The number of aliphatic imine (C=N–C) groups is 1. The molecule has 0 saturated carbocycles. The minimum absolute atomic E-state index is 0.0427. The summed E-state index contributed by atoms with van der Waals surface area (Å²) in [6, 6.07) is 1.02. The Morgan fingerprint density at radius 1 is 1.17 bits per heavy atom. The van der Waals surface area contributed by atoms with Gasteiger partial charge in [0.15, 0.2) is 5.76 Å². The molecular weight excluding hydrogens is 544 g/mol. The summed E-state index contributed by atoms with van der Waals surface area (Å²) in [5, 5.41) is 2.57. The molecule has 0 radical (unpaired) electrons. The molecule has 4 N–H and O–H groups in total. The number of fused-ring (bicyclic) bond motifs is 1. The summed E-state index contributed by atoms with van der Waals surface area (Å²) in [5.41, 5.74) is 6.14. The van der Waals surface area contributed by atoms with Crippen LogP contribution in [0.15, 0.2) is 46.0 Å².